The Morgan fingerprint density at radius 1 is 1.27 bits per heavy atom. The third kappa shape index (κ3) is 3.22. The van der Waals surface area contributed by atoms with Gasteiger partial charge in [-0.05, 0) is 31.4 Å². The van der Waals surface area contributed by atoms with E-state index in [9.17, 15) is 0 Å². The highest BCUT2D eigenvalue weighted by Crippen LogP contribution is 2.32. The Bertz CT molecular complexity index is 293. The first-order valence-electron chi connectivity index (χ1n) is 5.60. The summed E-state index contributed by atoms with van der Waals surface area (Å²) in [4.78, 5) is 2.39. The van der Waals surface area contributed by atoms with Gasteiger partial charge in [-0.25, -0.2) is 0 Å². The molecule has 0 spiro atoms. The van der Waals surface area contributed by atoms with Crippen molar-refractivity contribution in [3.05, 3.63) is 35.9 Å². The van der Waals surface area contributed by atoms with Gasteiger partial charge in [0.2, 0.25) is 0 Å². The van der Waals surface area contributed by atoms with E-state index in [1.807, 2.05) is 0 Å². The number of halogens is 1. The largest absolute Gasteiger partial charge is 0.302 e. The van der Waals surface area contributed by atoms with Crippen molar-refractivity contribution in [3.63, 3.8) is 0 Å². The fourth-order valence-electron chi connectivity index (χ4n) is 2.20. The summed E-state index contributed by atoms with van der Waals surface area (Å²) in [7, 11) is 2.19. The van der Waals surface area contributed by atoms with E-state index in [0.717, 1.165) is 12.5 Å². The van der Waals surface area contributed by atoms with Crippen molar-refractivity contribution < 1.29 is 0 Å². The molecule has 0 aromatic heterocycles. The molecule has 0 heterocycles. The topological polar surface area (TPSA) is 3.24 Å². The van der Waals surface area contributed by atoms with Crippen molar-refractivity contribution in [2.75, 3.05) is 13.6 Å². The maximum Gasteiger partial charge on any atom is 0.0342 e. The minimum atomic E-state index is 0.445. The van der Waals surface area contributed by atoms with Gasteiger partial charge >= 0.3 is 0 Å². The summed E-state index contributed by atoms with van der Waals surface area (Å²) in [5.74, 6) is 0.821. The molecule has 1 nitrogen and oxygen atoms in total. The molecular formula is C13H18ClN. The molecule has 82 valence electrons. The smallest absolute Gasteiger partial charge is 0.0342 e. The van der Waals surface area contributed by atoms with Gasteiger partial charge in [0.1, 0.15) is 0 Å². The van der Waals surface area contributed by atoms with E-state index in [-0.39, 0.29) is 0 Å². The van der Waals surface area contributed by atoms with Crippen molar-refractivity contribution in [1.29, 1.82) is 0 Å². The van der Waals surface area contributed by atoms with E-state index in [1.165, 1.54) is 24.9 Å². The summed E-state index contributed by atoms with van der Waals surface area (Å²) in [6, 6.07) is 10.6. The summed E-state index contributed by atoms with van der Waals surface area (Å²) < 4.78 is 0. The third-order valence-corrected chi connectivity index (χ3v) is 3.40. The van der Waals surface area contributed by atoms with Gasteiger partial charge in [0.05, 0.1) is 0 Å². The van der Waals surface area contributed by atoms with Crippen LogP contribution in [0.3, 0.4) is 0 Å². The van der Waals surface area contributed by atoms with Crippen LogP contribution in [0.15, 0.2) is 30.3 Å². The molecule has 0 aliphatic heterocycles. The molecular weight excluding hydrogens is 206 g/mol. The van der Waals surface area contributed by atoms with Crippen molar-refractivity contribution in [2.24, 2.45) is 5.92 Å². The van der Waals surface area contributed by atoms with Gasteiger partial charge in [-0.1, -0.05) is 30.3 Å². The van der Waals surface area contributed by atoms with E-state index >= 15 is 0 Å². The molecule has 2 heteroatoms. The molecule has 2 rings (SSSR count). The standard InChI is InChI=1S/C13H18ClN/c1-15(10-12-7-13(14)8-12)9-11-5-3-2-4-6-11/h2-6,12-13H,7-10H2,1H3. The lowest BCUT2D eigenvalue weighted by molar-refractivity contribution is 0.204. The first-order chi connectivity index (χ1) is 7.24. The second-order valence-corrected chi connectivity index (χ2v) is 5.23. The maximum atomic E-state index is 5.97. The lowest BCUT2D eigenvalue weighted by Crippen LogP contribution is -2.34. The van der Waals surface area contributed by atoms with Gasteiger partial charge in [0.15, 0.2) is 0 Å². The van der Waals surface area contributed by atoms with Gasteiger partial charge in [-0.3, -0.25) is 0 Å². The Morgan fingerprint density at radius 3 is 2.53 bits per heavy atom. The van der Waals surface area contributed by atoms with Gasteiger partial charge < -0.3 is 4.90 Å². The van der Waals surface area contributed by atoms with Crippen LogP contribution in [0.2, 0.25) is 0 Å². The van der Waals surface area contributed by atoms with E-state index < -0.39 is 0 Å². The van der Waals surface area contributed by atoms with Crippen LogP contribution in [0.4, 0.5) is 0 Å². The molecule has 1 aliphatic rings. The molecule has 1 aromatic rings. The zero-order valence-electron chi connectivity index (χ0n) is 9.20. The molecule has 15 heavy (non-hydrogen) atoms. The average Bonchev–Trinajstić information content (AvgIpc) is 2.17. The number of benzene rings is 1. The van der Waals surface area contributed by atoms with Crippen molar-refractivity contribution in [1.82, 2.24) is 4.90 Å². The lowest BCUT2D eigenvalue weighted by atomic mass is 9.84. The Labute approximate surface area is 97.0 Å². The molecule has 1 saturated carbocycles. The molecule has 1 aromatic carbocycles. The summed E-state index contributed by atoms with van der Waals surface area (Å²) in [5, 5.41) is 0.445. The van der Waals surface area contributed by atoms with Crippen LogP contribution in [0, 0.1) is 5.92 Å². The molecule has 1 aliphatic carbocycles. The highest BCUT2D eigenvalue weighted by atomic mass is 35.5. The van der Waals surface area contributed by atoms with Gasteiger partial charge in [-0.15, -0.1) is 11.6 Å². The van der Waals surface area contributed by atoms with Crippen LogP contribution >= 0.6 is 11.6 Å². The maximum absolute atomic E-state index is 5.97. The summed E-state index contributed by atoms with van der Waals surface area (Å²) in [5.41, 5.74) is 1.39. The minimum Gasteiger partial charge on any atom is -0.302 e. The number of hydrogen-bond donors (Lipinski definition) is 0. The molecule has 0 amide bonds. The molecule has 0 bridgehead atoms. The van der Waals surface area contributed by atoms with Crippen molar-refractivity contribution in [3.8, 4) is 0 Å². The molecule has 0 radical (unpaired) electrons. The van der Waals surface area contributed by atoms with Gasteiger partial charge in [0.25, 0.3) is 0 Å². The van der Waals surface area contributed by atoms with Crippen LogP contribution in [-0.4, -0.2) is 23.9 Å². The van der Waals surface area contributed by atoms with Crippen LogP contribution in [-0.2, 0) is 6.54 Å². The van der Waals surface area contributed by atoms with Crippen LogP contribution in [0.5, 0.6) is 0 Å². The Balaban J connectivity index is 1.75. The quantitative estimate of drug-likeness (QED) is 0.709. The lowest BCUT2D eigenvalue weighted by Gasteiger charge is -2.34. The van der Waals surface area contributed by atoms with Crippen molar-refractivity contribution >= 4 is 11.6 Å². The number of hydrogen-bond acceptors (Lipinski definition) is 1. The zero-order valence-corrected chi connectivity index (χ0v) is 9.95. The molecule has 0 saturated heterocycles. The second kappa shape index (κ2) is 5.00. The Morgan fingerprint density at radius 2 is 1.93 bits per heavy atom. The van der Waals surface area contributed by atoms with E-state index in [1.54, 1.807) is 0 Å². The molecule has 0 atom stereocenters. The molecule has 0 unspecified atom stereocenters. The molecule has 0 N–H and O–H groups in total. The zero-order chi connectivity index (χ0) is 10.7. The average molecular weight is 224 g/mol. The highest BCUT2D eigenvalue weighted by Gasteiger charge is 2.27. The van der Waals surface area contributed by atoms with Gasteiger partial charge in [0, 0.05) is 18.5 Å². The fraction of sp³-hybridized carbons (Fsp3) is 0.538. The monoisotopic (exact) mass is 223 g/mol. The van der Waals surface area contributed by atoms with E-state index in [2.05, 4.69) is 42.3 Å². The highest BCUT2D eigenvalue weighted by molar-refractivity contribution is 6.21. The Kier molecular flexibility index (Phi) is 3.66. The summed E-state index contributed by atoms with van der Waals surface area (Å²) in [6.07, 6.45) is 2.39. The van der Waals surface area contributed by atoms with Gasteiger partial charge in [-0.2, -0.15) is 0 Å². The van der Waals surface area contributed by atoms with E-state index in [0.29, 0.717) is 5.38 Å². The first kappa shape index (κ1) is 11.0. The van der Waals surface area contributed by atoms with Crippen molar-refractivity contribution in [2.45, 2.75) is 24.8 Å². The van der Waals surface area contributed by atoms with Crippen LogP contribution in [0.1, 0.15) is 18.4 Å². The minimum absolute atomic E-state index is 0.445. The predicted molar refractivity (Wildman–Crippen MR) is 65.1 cm³/mol. The van der Waals surface area contributed by atoms with E-state index in [4.69, 9.17) is 11.6 Å². The van der Waals surface area contributed by atoms with Crippen LogP contribution < -0.4 is 0 Å². The second-order valence-electron chi connectivity index (χ2n) is 4.62. The number of rotatable bonds is 4. The summed E-state index contributed by atoms with van der Waals surface area (Å²) >= 11 is 5.97. The normalized spacial score (nSPS) is 25.3. The number of alkyl halides is 1. The fourth-order valence-corrected chi connectivity index (χ4v) is 2.71. The molecule has 1 fully saturated rings. The predicted octanol–water partition coefficient (Wildman–Crippen LogP) is 3.14. The first-order valence-corrected chi connectivity index (χ1v) is 6.04. The SMILES string of the molecule is CN(Cc1ccccc1)CC1CC(Cl)C1. The van der Waals surface area contributed by atoms with Crippen LogP contribution in [0.25, 0.3) is 0 Å². The number of nitrogens with zero attached hydrogens (tertiary/aromatic N) is 1. The summed E-state index contributed by atoms with van der Waals surface area (Å²) in [6.45, 7) is 2.22. The Hall–Kier alpha value is -0.530. The third-order valence-electron chi connectivity index (χ3n) is 3.04.